The van der Waals surface area contributed by atoms with Gasteiger partial charge >= 0.3 is 6.03 Å². The number of halogens is 1. The Balaban J connectivity index is -0.000000140. The van der Waals surface area contributed by atoms with Crippen LogP contribution in [0.5, 0.6) is 0 Å². The smallest absolute Gasteiger partial charge is 0.323 e. The fourth-order valence-corrected chi connectivity index (χ4v) is 3.12. The summed E-state index contributed by atoms with van der Waals surface area (Å²) in [6, 6.07) is 5.89. The van der Waals surface area contributed by atoms with Gasteiger partial charge in [-0.1, -0.05) is 12.1 Å². The van der Waals surface area contributed by atoms with Gasteiger partial charge in [-0.15, -0.1) is 0 Å². The molecule has 3 rings (SSSR count). The first kappa shape index (κ1) is 63.6. The molecule has 10 radical (unpaired) electrons. The van der Waals surface area contributed by atoms with Gasteiger partial charge in [-0.2, -0.15) is 0 Å². The summed E-state index contributed by atoms with van der Waals surface area (Å²) in [5, 5.41) is 2.72. The average Bonchev–Trinajstić information content (AvgIpc) is 2.68. The zero-order chi connectivity index (χ0) is 19.4. The molecule has 1 aliphatic heterocycles. The van der Waals surface area contributed by atoms with Gasteiger partial charge in [0, 0.05) is 366 Å². The number of nitrogens with zero attached hydrogens (tertiary/aromatic N) is 4. The van der Waals surface area contributed by atoms with E-state index in [9.17, 15) is 14.0 Å². The number of carbonyl (C=O) groups excluding carboxylic acids is 2. The third-order valence-electron chi connectivity index (χ3n) is 4.79. The Kier molecular flexibility index (Phi) is 60.8. The summed E-state index contributed by atoms with van der Waals surface area (Å²) >= 11 is 0. The maximum atomic E-state index is 13.3. The van der Waals surface area contributed by atoms with Gasteiger partial charge in [0.2, 0.25) is 5.91 Å². The number of nitrogens with one attached hydrogen (secondary N) is 1. The Morgan fingerprint density at radius 1 is 0.919 bits per heavy atom. The van der Waals surface area contributed by atoms with Crippen molar-refractivity contribution < 1.29 is 341 Å². The minimum Gasteiger partial charge on any atom is -0.343 e. The molecule has 172 valence electrons. The summed E-state index contributed by atoms with van der Waals surface area (Å²) in [5.74, 6) is 0.0477. The second kappa shape index (κ2) is 35.3. The summed E-state index contributed by atoms with van der Waals surface area (Å²) in [7, 11) is 1.73. The zero-order valence-electron chi connectivity index (χ0n) is 21.1. The predicted molar refractivity (Wildman–Crippen MR) is 99.5 cm³/mol. The van der Waals surface area contributed by atoms with Crippen LogP contribution in [0, 0.1) is 5.82 Å². The Morgan fingerprint density at radius 2 is 1.46 bits per heavy atom. The molecule has 1 aromatic carbocycles. The Morgan fingerprint density at radius 3 is 1.89 bits per heavy atom. The van der Waals surface area contributed by atoms with Crippen molar-refractivity contribution in [3.63, 3.8) is 0 Å². The van der Waals surface area contributed by atoms with E-state index >= 15 is 0 Å². The van der Waals surface area contributed by atoms with Crippen LogP contribution in [-0.2, 0) is 332 Å². The van der Waals surface area contributed by atoms with Crippen LogP contribution in [0.4, 0.5) is 15.0 Å². The third kappa shape index (κ3) is 23.1. The van der Waals surface area contributed by atoms with Crippen molar-refractivity contribution in [2.75, 3.05) is 25.5 Å². The second-order valence-corrected chi connectivity index (χ2v) is 6.58. The quantitative estimate of drug-likeness (QED) is 0.514. The Hall–Kier alpha value is 8.01. The minimum absolute atomic E-state index is 0. The van der Waals surface area contributed by atoms with Gasteiger partial charge in [0.25, 0.3) is 0 Å². The van der Waals surface area contributed by atoms with Gasteiger partial charge in [-0.25, -0.2) is 14.2 Å². The van der Waals surface area contributed by atoms with E-state index in [1.807, 2.05) is 0 Å². The third-order valence-corrected chi connectivity index (χ3v) is 4.79. The molecule has 1 fully saturated rings. The number of likely N-dealkylation sites (tertiary alicyclic amines) is 1. The first-order chi connectivity index (χ1) is 12.9. The molecule has 0 atom stereocenters. The Bertz CT molecular complexity index is 850. The number of rotatable bonds is 3. The molecule has 37 heavy (non-hydrogen) atoms. The summed E-state index contributed by atoms with van der Waals surface area (Å²) in [5.41, 5.74) is 1.15. The second-order valence-electron chi connectivity index (χ2n) is 6.58. The SMILES string of the molecule is CC(=O)N1CCC(N(C)C(=O)Nc2cnc(-c3cccc(F)c3)cn2)CC1.[Y].[Y].[Y].[Y].[Y].[Y].[Y].[Y].[Y].[Y]. The number of hydrogen-bond donors (Lipinski definition) is 1. The van der Waals surface area contributed by atoms with E-state index in [0.717, 1.165) is 12.8 Å². The molecule has 0 unspecified atom stereocenters. The van der Waals surface area contributed by atoms with Crippen LogP contribution in [0.2, 0.25) is 0 Å². The fourth-order valence-electron chi connectivity index (χ4n) is 3.12. The van der Waals surface area contributed by atoms with Crippen molar-refractivity contribution in [2.45, 2.75) is 25.8 Å². The molecular weight excluding hydrogens is 1240 g/mol. The number of urea groups is 1. The largest absolute Gasteiger partial charge is 0.343 e. The molecule has 0 bridgehead atoms. The summed E-state index contributed by atoms with van der Waals surface area (Å²) in [6.07, 6.45) is 4.43. The molecular formula is C19H22FN5O2Y10. The monoisotopic (exact) mass is 1260 g/mol. The number of piperidine rings is 1. The average molecular weight is 1260 g/mol. The van der Waals surface area contributed by atoms with Gasteiger partial charge < -0.3 is 9.80 Å². The van der Waals surface area contributed by atoms with Crippen molar-refractivity contribution in [1.29, 1.82) is 0 Å². The van der Waals surface area contributed by atoms with E-state index in [1.165, 1.54) is 24.5 Å². The first-order valence-corrected chi connectivity index (χ1v) is 8.81. The van der Waals surface area contributed by atoms with Crippen molar-refractivity contribution in [1.82, 2.24) is 19.8 Å². The zero-order valence-corrected chi connectivity index (χ0v) is 49.5. The number of amides is 3. The van der Waals surface area contributed by atoms with Crippen LogP contribution in [0.25, 0.3) is 11.3 Å². The molecule has 18 heteroatoms. The van der Waals surface area contributed by atoms with E-state index < -0.39 is 0 Å². The maximum Gasteiger partial charge on any atom is 0.323 e. The van der Waals surface area contributed by atoms with Gasteiger partial charge in [0.15, 0.2) is 5.82 Å². The standard InChI is InChI=1S/C19H22FN5O2.10Y/c1-13(26)25-8-6-16(7-9-25)24(2)19(27)23-18-12-21-17(11-22-18)14-4-3-5-15(20)10-14;;;;;;;;;;/h3-5,10-12,16H,6-9H2,1-2H3,(H,22,23,27);;;;;;;;;;. The normalized spacial score (nSPS) is 10.7. The molecule has 0 spiro atoms. The van der Waals surface area contributed by atoms with Crippen LogP contribution < -0.4 is 5.32 Å². The van der Waals surface area contributed by atoms with Gasteiger partial charge in [-0.05, 0) is 25.0 Å². The molecule has 2 heterocycles. The van der Waals surface area contributed by atoms with E-state index in [0.29, 0.717) is 30.2 Å². The minimum atomic E-state index is -0.343. The van der Waals surface area contributed by atoms with E-state index in [1.54, 1.807) is 35.9 Å². The first-order valence-electron chi connectivity index (χ1n) is 8.81. The van der Waals surface area contributed by atoms with Gasteiger partial charge in [-0.3, -0.25) is 15.1 Å². The van der Waals surface area contributed by atoms with Crippen LogP contribution in [0.3, 0.4) is 0 Å². The molecule has 7 nitrogen and oxygen atoms in total. The van der Waals surface area contributed by atoms with Crippen LogP contribution >= 0.6 is 0 Å². The molecule has 1 aliphatic rings. The predicted octanol–water partition coefficient (Wildman–Crippen LogP) is 2.73. The maximum absolute atomic E-state index is 13.3. The van der Waals surface area contributed by atoms with Crippen LogP contribution in [-0.4, -0.2) is 57.9 Å². The van der Waals surface area contributed by atoms with E-state index in [2.05, 4.69) is 15.3 Å². The number of benzene rings is 1. The molecule has 0 saturated carbocycles. The Labute approximate surface area is 471 Å². The van der Waals surface area contributed by atoms with Crippen molar-refractivity contribution >= 4 is 17.8 Å². The number of carbonyl (C=O) groups is 2. The van der Waals surface area contributed by atoms with Crippen molar-refractivity contribution in [3.05, 3.63) is 42.5 Å². The van der Waals surface area contributed by atoms with Crippen molar-refractivity contribution in [2.24, 2.45) is 0 Å². The summed E-state index contributed by atoms with van der Waals surface area (Å²) < 4.78 is 13.3. The van der Waals surface area contributed by atoms with Gasteiger partial charge in [0.1, 0.15) is 5.82 Å². The number of aromatic nitrogens is 2. The fraction of sp³-hybridized carbons (Fsp3) is 0.368. The molecule has 0 aliphatic carbocycles. The van der Waals surface area contributed by atoms with Gasteiger partial charge in [0.05, 0.1) is 18.1 Å². The topological polar surface area (TPSA) is 78.4 Å². The van der Waals surface area contributed by atoms with E-state index in [4.69, 9.17) is 0 Å². The molecule has 3 amide bonds. The molecule has 1 N–H and O–H groups in total. The van der Waals surface area contributed by atoms with E-state index in [-0.39, 0.29) is 351 Å². The number of hydrogen-bond acceptors (Lipinski definition) is 4. The molecule has 2 aromatic rings. The van der Waals surface area contributed by atoms with Crippen LogP contribution in [0.1, 0.15) is 19.8 Å². The summed E-state index contributed by atoms with van der Waals surface area (Å²) in [6.45, 7) is 2.86. The number of anilines is 1. The van der Waals surface area contributed by atoms with Crippen molar-refractivity contribution in [3.8, 4) is 11.3 Å². The molecule has 1 aromatic heterocycles. The molecule has 1 saturated heterocycles. The summed E-state index contributed by atoms with van der Waals surface area (Å²) in [4.78, 5) is 35.7. The van der Waals surface area contributed by atoms with Crippen LogP contribution in [0.15, 0.2) is 36.7 Å².